The Bertz CT molecular complexity index is 1220. The van der Waals surface area contributed by atoms with Crippen molar-refractivity contribution < 1.29 is 42.4 Å². The Hall–Kier alpha value is -3.14. The molecule has 0 fully saturated rings. The van der Waals surface area contributed by atoms with Crippen LogP contribution >= 0.6 is 7.82 Å². The first-order valence-electron chi connectivity index (χ1n) is 20.0. The van der Waals surface area contributed by atoms with Crippen molar-refractivity contribution in [2.24, 2.45) is 5.73 Å². The Morgan fingerprint density at radius 1 is 0.611 bits per heavy atom. The van der Waals surface area contributed by atoms with Gasteiger partial charge in [-0.1, -0.05) is 119 Å². The van der Waals surface area contributed by atoms with Gasteiger partial charge in [-0.2, -0.15) is 0 Å². The van der Waals surface area contributed by atoms with Gasteiger partial charge in [0.25, 0.3) is 0 Å². The number of esters is 2. The van der Waals surface area contributed by atoms with Gasteiger partial charge in [0.15, 0.2) is 11.9 Å². The third kappa shape index (κ3) is 37.2. The number of hydrogen-bond acceptors (Lipinski definition) is 9. The molecule has 0 aromatic rings. The fourth-order valence-electron chi connectivity index (χ4n) is 4.71. The van der Waals surface area contributed by atoms with Gasteiger partial charge < -0.3 is 20.1 Å². The van der Waals surface area contributed by atoms with Crippen molar-refractivity contribution in [3.05, 3.63) is 85.1 Å². The lowest BCUT2D eigenvalue weighted by molar-refractivity contribution is -0.161. The first kappa shape index (κ1) is 50.9. The third-order valence-electron chi connectivity index (χ3n) is 7.73. The molecule has 0 aromatic carbocycles. The number of carbonyl (C=O) groups excluding carboxylic acids is 3. The van der Waals surface area contributed by atoms with Crippen molar-refractivity contribution in [1.29, 1.82) is 0 Å². The van der Waals surface area contributed by atoms with Crippen LogP contribution in [0.25, 0.3) is 0 Å². The van der Waals surface area contributed by atoms with Gasteiger partial charge in [0.2, 0.25) is 0 Å². The molecule has 2 atom stereocenters. The number of nitrogens with two attached hydrogens (primary N) is 1. The average molecular weight is 776 g/mol. The van der Waals surface area contributed by atoms with Crippen LogP contribution in [0.1, 0.15) is 136 Å². The Balaban J connectivity index is 4.49. The lowest BCUT2D eigenvalue weighted by atomic mass is 10.1. The van der Waals surface area contributed by atoms with Crippen molar-refractivity contribution >= 4 is 25.5 Å². The summed E-state index contributed by atoms with van der Waals surface area (Å²) in [6.45, 7) is 3.31. The fraction of sp³-hybridized carbons (Fsp3) is 0.605. The van der Waals surface area contributed by atoms with Gasteiger partial charge in [-0.3, -0.25) is 23.4 Å². The minimum absolute atomic E-state index is 0.0108. The Morgan fingerprint density at radius 2 is 1.13 bits per heavy atom. The van der Waals surface area contributed by atoms with Gasteiger partial charge in [-0.15, -0.1) is 0 Å². The molecule has 0 aliphatic rings. The van der Waals surface area contributed by atoms with Crippen LogP contribution in [0, 0.1) is 0 Å². The molecule has 0 bridgehead atoms. The molecule has 0 saturated carbocycles. The van der Waals surface area contributed by atoms with E-state index in [4.69, 9.17) is 24.3 Å². The standard InChI is InChI=1S/C43H70NO9P/c1-3-5-7-9-11-13-15-17-18-20-22-24-26-28-30-34-43(47)53-41(39-52-54(48,49)51-37-36-44)38-50-42(46)35-31-33-40(45)32-29-27-25-23-21-19-16-14-12-10-8-6-4-2/h11-14,17-19,21-22,24-25,27,29,32,41H,3-10,15-16,20,23,26,28,30-31,33-39,44H2,1-2H3,(H,48,49)/b13-11-,14-12-,18-17-,21-19-,24-22-,27-25-,32-29+/t41-/m1/s1. The van der Waals surface area contributed by atoms with Crippen molar-refractivity contribution in [1.82, 2.24) is 0 Å². The number of rotatable bonds is 36. The molecule has 0 heterocycles. The maximum atomic E-state index is 12.5. The van der Waals surface area contributed by atoms with Crippen molar-refractivity contribution in [2.45, 2.75) is 142 Å². The predicted octanol–water partition coefficient (Wildman–Crippen LogP) is 10.4. The summed E-state index contributed by atoms with van der Waals surface area (Å²) in [5.41, 5.74) is 5.32. The summed E-state index contributed by atoms with van der Waals surface area (Å²) in [6, 6.07) is 0. The Labute approximate surface area is 326 Å². The lowest BCUT2D eigenvalue weighted by Gasteiger charge is -2.19. The summed E-state index contributed by atoms with van der Waals surface area (Å²) in [5, 5.41) is 0. The van der Waals surface area contributed by atoms with Crippen molar-refractivity contribution in [3.8, 4) is 0 Å². The van der Waals surface area contributed by atoms with E-state index in [0.29, 0.717) is 6.42 Å². The van der Waals surface area contributed by atoms with E-state index in [1.165, 1.54) is 44.6 Å². The van der Waals surface area contributed by atoms with E-state index >= 15 is 0 Å². The normalized spacial score (nSPS) is 14.1. The van der Waals surface area contributed by atoms with Crippen LogP contribution in [0.4, 0.5) is 0 Å². The second-order valence-electron chi connectivity index (χ2n) is 12.8. The first-order valence-corrected chi connectivity index (χ1v) is 21.5. The van der Waals surface area contributed by atoms with E-state index in [1.807, 2.05) is 12.2 Å². The summed E-state index contributed by atoms with van der Waals surface area (Å²) >= 11 is 0. The molecule has 0 aliphatic carbocycles. The minimum Gasteiger partial charge on any atom is -0.462 e. The van der Waals surface area contributed by atoms with Crippen LogP contribution in [0.5, 0.6) is 0 Å². The van der Waals surface area contributed by atoms with E-state index in [0.717, 1.165) is 51.4 Å². The van der Waals surface area contributed by atoms with Gasteiger partial charge in [0.1, 0.15) is 6.61 Å². The molecule has 10 nitrogen and oxygen atoms in total. The molecule has 11 heteroatoms. The molecule has 0 aliphatic heterocycles. The molecule has 0 amide bonds. The molecular formula is C43H70NO9P. The molecule has 0 spiro atoms. The van der Waals surface area contributed by atoms with Crippen LogP contribution in [-0.2, 0) is 37.5 Å². The van der Waals surface area contributed by atoms with Gasteiger partial charge in [0.05, 0.1) is 13.2 Å². The number of ketones is 1. The Kier molecular flexibility index (Phi) is 35.9. The number of hydrogen-bond donors (Lipinski definition) is 2. The number of phosphoric ester groups is 1. The van der Waals surface area contributed by atoms with E-state index in [9.17, 15) is 23.8 Å². The van der Waals surface area contributed by atoms with Crippen molar-refractivity contribution in [3.63, 3.8) is 0 Å². The summed E-state index contributed by atoms with van der Waals surface area (Å²) in [6.07, 6.45) is 43.4. The van der Waals surface area contributed by atoms with Gasteiger partial charge in [-0.05, 0) is 83.1 Å². The predicted molar refractivity (Wildman–Crippen MR) is 220 cm³/mol. The Morgan fingerprint density at radius 3 is 1.69 bits per heavy atom. The third-order valence-corrected chi connectivity index (χ3v) is 8.71. The topological polar surface area (TPSA) is 151 Å². The van der Waals surface area contributed by atoms with Crippen LogP contribution < -0.4 is 5.73 Å². The number of carbonyl (C=O) groups is 3. The molecular weight excluding hydrogens is 705 g/mol. The zero-order valence-corrected chi connectivity index (χ0v) is 34.1. The molecule has 0 radical (unpaired) electrons. The number of ether oxygens (including phenoxy) is 2. The molecule has 1 unspecified atom stereocenters. The highest BCUT2D eigenvalue weighted by Crippen LogP contribution is 2.43. The molecule has 0 aromatic heterocycles. The second kappa shape index (κ2) is 38.1. The van der Waals surface area contributed by atoms with Crippen LogP contribution in [-0.4, -0.2) is 55.1 Å². The maximum Gasteiger partial charge on any atom is 0.472 e. The highest BCUT2D eigenvalue weighted by molar-refractivity contribution is 7.47. The largest absolute Gasteiger partial charge is 0.472 e. The van der Waals surface area contributed by atoms with E-state index in [1.54, 1.807) is 6.08 Å². The van der Waals surface area contributed by atoms with Gasteiger partial charge in [0, 0.05) is 25.8 Å². The SMILES string of the molecule is CCCCC/C=C\C/C=C\C/C=C\C=C\C(=O)CCCC(=O)OC[C@H](COP(=O)(O)OCCN)OC(=O)CCCC/C=C\C/C=C\C/C=C\CCCCC. The lowest BCUT2D eigenvalue weighted by Crippen LogP contribution is -2.29. The second-order valence-corrected chi connectivity index (χ2v) is 14.3. The molecule has 3 N–H and O–H groups in total. The van der Waals surface area contributed by atoms with Crippen molar-refractivity contribution in [2.75, 3.05) is 26.4 Å². The highest BCUT2D eigenvalue weighted by Gasteiger charge is 2.26. The van der Waals surface area contributed by atoms with Gasteiger partial charge in [-0.25, -0.2) is 4.57 Å². The zero-order chi connectivity index (χ0) is 39.8. The molecule has 0 saturated heterocycles. The monoisotopic (exact) mass is 775 g/mol. The number of unbranched alkanes of at least 4 members (excludes halogenated alkanes) is 8. The maximum absolute atomic E-state index is 12.5. The molecule has 0 rings (SSSR count). The average Bonchev–Trinajstić information content (AvgIpc) is 3.15. The van der Waals surface area contributed by atoms with E-state index in [2.05, 4.69) is 74.6 Å². The smallest absolute Gasteiger partial charge is 0.462 e. The van der Waals surface area contributed by atoms with E-state index in [-0.39, 0.29) is 51.2 Å². The van der Waals surface area contributed by atoms with Crippen LogP contribution in [0.2, 0.25) is 0 Å². The molecule has 306 valence electrons. The molecule has 54 heavy (non-hydrogen) atoms. The van der Waals surface area contributed by atoms with Crippen LogP contribution in [0.3, 0.4) is 0 Å². The highest BCUT2D eigenvalue weighted by atomic mass is 31.2. The summed E-state index contributed by atoms with van der Waals surface area (Å²) in [7, 11) is -4.44. The van der Waals surface area contributed by atoms with Crippen LogP contribution in [0.15, 0.2) is 85.1 Å². The zero-order valence-electron chi connectivity index (χ0n) is 33.2. The minimum atomic E-state index is -4.44. The fourth-order valence-corrected chi connectivity index (χ4v) is 5.47. The number of allylic oxidation sites excluding steroid dienone is 14. The summed E-state index contributed by atoms with van der Waals surface area (Å²) in [4.78, 5) is 46.9. The quantitative estimate of drug-likeness (QED) is 0.0157. The van der Waals surface area contributed by atoms with E-state index < -0.39 is 32.5 Å². The number of phosphoric acid groups is 1. The summed E-state index contributed by atoms with van der Waals surface area (Å²) < 4.78 is 32.4. The van der Waals surface area contributed by atoms with Gasteiger partial charge >= 0.3 is 19.8 Å². The summed E-state index contributed by atoms with van der Waals surface area (Å²) in [5.74, 6) is -1.25. The first-order chi connectivity index (χ1) is 26.2.